The van der Waals surface area contributed by atoms with Crippen LogP contribution in [0, 0.1) is 5.92 Å². The molecule has 1 saturated heterocycles. The molecule has 7 nitrogen and oxygen atoms in total. The van der Waals surface area contributed by atoms with Crippen molar-refractivity contribution in [2.45, 2.75) is 43.4 Å². The summed E-state index contributed by atoms with van der Waals surface area (Å²) >= 11 is 0. The number of nitrogens with zero attached hydrogens (tertiary/aromatic N) is 4. The Labute approximate surface area is 185 Å². The SMILES string of the molecule is CC(C)CN1CCC(S(=O)c2ccc(CNC(=O)c3cnc4nccn4c3)cc2)CC1. The number of likely N-dealkylation sites (tertiary alicyclic amines) is 1. The largest absolute Gasteiger partial charge is 0.348 e. The molecule has 2 aromatic heterocycles. The Morgan fingerprint density at radius 3 is 2.65 bits per heavy atom. The lowest BCUT2D eigenvalue weighted by Crippen LogP contribution is -2.39. The van der Waals surface area contributed by atoms with Gasteiger partial charge in [-0.3, -0.25) is 13.4 Å². The number of aromatic nitrogens is 3. The van der Waals surface area contributed by atoms with Gasteiger partial charge < -0.3 is 10.2 Å². The van der Waals surface area contributed by atoms with Gasteiger partial charge in [-0.15, -0.1) is 0 Å². The van der Waals surface area contributed by atoms with Crippen molar-refractivity contribution < 1.29 is 9.00 Å². The highest BCUT2D eigenvalue weighted by molar-refractivity contribution is 7.85. The first-order chi connectivity index (χ1) is 15.0. The van der Waals surface area contributed by atoms with Crippen LogP contribution < -0.4 is 5.32 Å². The summed E-state index contributed by atoms with van der Waals surface area (Å²) in [6, 6.07) is 7.74. The third-order valence-electron chi connectivity index (χ3n) is 5.58. The molecule has 1 aromatic carbocycles. The van der Waals surface area contributed by atoms with Gasteiger partial charge in [0.25, 0.3) is 5.91 Å². The molecule has 31 heavy (non-hydrogen) atoms. The van der Waals surface area contributed by atoms with Crippen molar-refractivity contribution in [2.75, 3.05) is 19.6 Å². The van der Waals surface area contributed by atoms with Crippen molar-refractivity contribution in [1.29, 1.82) is 0 Å². The normalized spacial score (nSPS) is 16.6. The van der Waals surface area contributed by atoms with Crippen LogP contribution in [0.3, 0.4) is 0 Å². The summed E-state index contributed by atoms with van der Waals surface area (Å²) in [5, 5.41) is 3.13. The van der Waals surface area contributed by atoms with Crippen LogP contribution >= 0.6 is 0 Å². The molecule has 1 amide bonds. The number of carbonyl (C=O) groups is 1. The molecule has 1 N–H and O–H groups in total. The van der Waals surface area contributed by atoms with Crippen molar-refractivity contribution >= 4 is 22.5 Å². The van der Waals surface area contributed by atoms with Crippen LogP contribution in [-0.2, 0) is 17.3 Å². The zero-order chi connectivity index (χ0) is 21.8. The first kappa shape index (κ1) is 21.6. The van der Waals surface area contributed by atoms with Crippen LogP contribution in [0.2, 0.25) is 0 Å². The Kier molecular flexibility index (Phi) is 6.77. The first-order valence-electron chi connectivity index (χ1n) is 10.8. The summed E-state index contributed by atoms with van der Waals surface area (Å²) in [5.74, 6) is 1.04. The van der Waals surface area contributed by atoms with E-state index in [1.807, 2.05) is 24.3 Å². The van der Waals surface area contributed by atoms with Crippen LogP contribution in [0.25, 0.3) is 5.78 Å². The molecule has 0 spiro atoms. The lowest BCUT2D eigenvalue weighted by Gasteiger charge is -2.32. The number of piperidine rings is 1. The van der Waals surface area contributed by atoms with E-state index in [0.717, 1.165) is 42.9 Å². The highest BCUT2D eigenvalue weighted by Crippen LogP contribution is 2.22. The highest BCUT2D eigenvalue weighted by Gasteiger charge is 2.25. The molecule has 1 unspecified atom stereocenters. The minimum absolute atomic E-state index is 0.191. The van der Waals surface area contributed by atoms with Gasteiger partial charge in [0.2, 0.25) is 5.78 Å². The number of rotatable bonds is 7. The second kappa shape index (κ2) is 9.70. The van der Waals surface area contributed by atoms with E-state index >= 15 is 0 Å². The monoisotopic (exact) mass is 439 g/mol. The average molecular weight is 440 g/mol. The molecule has 0 bridgehead atoms. The fourth-order valence-corrected chi connectivity index (χ4v) is 5.40. The zero-order valence-corrected chi connectivity index (χ0v) is 18.8. The third kappa shape index (κ3) is 5.37. The summed E-state index contributed by atoms with van der Waals surface area (Å²) in [6.45, 7) is 8.05. The molecule has 3 aromatic rings. The van der Waals surface area contributed by atoms with Gasteiger partial charge in [0.05, 0.1) is 16.4 Å². The number of hydrogen-bond donors (Lipinski definition) is 1. The molecule has 1 fully saturated rings. The van der Waals surface area contributed by atoms with E-state index < -0.39 is 10.8 Å². The van der Waals surface area contributed by atoms with E-state index in [0.29, 0.717) is 23.8 Å². The van der Waals surface area contributed by atoms with Crippen LogP contribution in [0.15, 0.2) is 53.9 Å². The van der Waals surface area contributed by atoms with Crippen molar-refractivity contribution in [2.24, 2.45) is 5.92 Å². The number of imidazole rings is 1. The number of benzene rings is 1. The van der Waals surface area contributed by atoms with Gasteiger partial charge in [0, 0.05) is 48.0 Å². The fourth-order valence-electron chi connectivity index (χ4n) is 3.97. The standard InChI is InChI=1S/C23H29N5O2S/c1-17(2)15-27-10-7-21(8-11-27)31(30)20-5-3-18(4-6-20)13-25-22(29)19-14-26-23-24-9-12-28(23)16-19/h3-6,9,12,14,16-17,21H,7-8,10-11,13,15H2,1-2H3,(H,25,29). The van der Waals surface area contributed by atoms with Gasteiger partial charge >= 0.3 is 0 Å². The van der Waals surface area contributed by atoms with Crippen molar-refractivity contribution in [3.8, 4) is 0 Å². The summed E-state index contributed by atoms with van der Waals surface area (Å²) < 4.78 is 14.7. The number of amides is 1. The van der Waals surface area contributed by atoms with Gasteiger partial charge in [0.1, 0.15) is 0 Å². The lowest BCUT2D eigenvalue weighted by molar-refractivity contribution is 0.0950. The molecule has 1 atom stereocenters. The van der Waals surface area contributed by atoms with Gasteiger partial charge in [-0.25, -0.2) is 9.97 Å². The molecule has 3 heterocycles. The molecule has 0 saturated carbocycles. The maximum Gasteiger partial charge on any atom is 0.254 e. The molecule has 0 aliphatic carbocycles. The van der Waals surface area contributed by atoms with Crippen LogP contribution in [0.1, 0.15) is 42.6 Å². The lowest BCUT2D eigenvalue weighted by atomic mass is 10.1. The van der Waals surface area contributed by atoms with E-state index in [9.17, 15) is 9.00 Å². The Balaban J connectivity index is 1.30. The van der Waals surface area contributed by atoms with Crippen molar-refractivity contribution in [3.05, 3.63) is 60.2 Å². The fraction of sp³-hybridized carbons (Fsp3) is 0.435. The average Bonchev–Trinajstić information content (AvgIpc) is 3.25. The van der Waals surface area contributed by atoms with Gasteiger partial charge in [0.15, 0.2) is 0 Å². The molecule has 164 valence electrons. The summed E-state index contributed by atoms with van der Waals surface area (Å²) in [6.07, 6.45) is 8.59. The minimum atomic E-state index is -0.989. The van der Waals surface area contributed by atoms with Crippen molar-refractivity contribution in [3.63, 3.8) is 0 Å². The summed E-state index contributed by atoms with van der Waals surface area (Å²) in [5.41, 5.74) is 1.45. The van der Waals surface area contributed by atoms with E-state index in [2.05, 4.69) is 34.0 Å². The van der Waals surface area contributed by atoms with Gasteiger partial charge in [-0.05, 0) is 49.5 Å². The quantitative estimate of drug-likeness (QED) is 0.612. The van der Waals surface area contributed by atoms with Gasteiger partial charge in [-0.1, -0.05) is 26.0 Å². The smallest absolute Gasteiger partial charge is 0.254 e. The number of nitrogens with one attached hydrogen (secondary N) is 1. The molecule has 1 aliphatic heterocycles. The van der Waals surface area contributed by atoms with Crippen molar-refractivity contribution in [1.82, 2.24) is 24.6 Å². The minimum Gasteiger partial charge on any atom is -0.348 e. The highest BCUT2D eigenvalue weighted by atomic mass is 32.2. The Morgan fingerprint density at radius 1 is 1.19 bits per heavy atom. The maximum absolute atomic E-state index is 13.0. The molecule has 0 radical (unpaired) electrons. The summed E-state index contributed by atoms with van der Waals surface area (Å²) in [4.78, 5) is 24.0. The molecule has 4 rings (SSSR count). The third-order valence-corrected chi connectivity index (χ3v) is 7.39. The second-order valence-electron chi connectivity index (χ2n) is 8.50. The molecular formula is C23H29N5O2S. The molecule has 8 heteroatoms. The summed E-state index contributed by atoms with van der Waals surface area (Å²) in [7, 11) is -0.989. The number of hydrogen-bond acceptors (Lipinski definition) is 5. The van der Waals surface area contributed by atoms with Crippen LogP contribution in [0.5, 0.6) is 0 Å². The van der Waals surface area contributed by atoms with Gasteiger partial charge in [-0.2, -0.15) is 0 Å². The van der Waals surface area contributed by atoms with E-state index in [1.54, 1.807) is 23.0 Å². The zero-order valence-electron chi connectivity index (χ0n) is 18.0. The van der Waals surface area contributed by atoms with Crippen LogP contribution in [-0.4, -0.2) is 54.3 Å². The van der Waals surface area contributed by atoms with E-state index in [1.165, 1.54) is 6.20 Å². The predicted octanol–water partition coefficient (Wildman–Crippen LogP) is 2.89. The Hall–Kier alpha value is -2.58. The molecule has 1 aliphatic rings. The topological polar surface area (TPSA) is 79.6 Å². The van der Waals surface area contributed by atoms with E-state index in [-0.39, 0.29) is 11.2 Å². The first-order valence-corrected chi connectivity index (χ1v) is 12.0. The predicted molar refractivity (Wildman–Crippen MR) is 121 cm³/mol. The second-order valence-corrected chi connectivity index (χ2v) is 10.2. The Bertz CT molecular complexity index is 1060. The number of carbonyl (C=O) groups excluding carboxylic acids is 1. The number of fused-ring (bicyclic) bond motifs is 1. The maximum atomic E-state index is 13.0. The van der Waals surface area contributed by atoms with E-state index in [4.69, 9.17) is 0 Å². The molecular weight excluding hydrogens is 410 g/mol. The van der Waals surface area contributed by atoms with Crippen LogP contribution in [0.4, 0.5) is 0 Å². The Morgan fingerprint density at radius 2 is 1.94 bits per heavy atom.